The number of amides is 1. The monoisotopic (exact) mass is 482 g/mol. The van der Waals surface area contributed by atoms with Gasteiger partial charge in [-0.25, -0.2) is 4.79 Å². The van der Waals surface area contributed by atoms with Gasteiger partial charge in [-0.2, -0.15) is 12.6 Å². The molecule has 0 spiro atoms. The van der Waals surface area contributed by atoms with Crippen LogP contribution in [0, 0.1) is 12.8 Å². The molecule has 0 bridgehead atoms. The summed E-state index contributed by atoms with van der Waals surface area (Å²) in [5.74, 6) is -0.182. The molecule has 1 fully saturated rings. The lowest BCUT2D eigenvalue weighted by Gasteiger charge is -2.25. The smallest absolute Gasteiger partial charge is 0.326 e. The molecule has 1 unspecified atom stereocenters. The molecule has 2 aromatic rings. The molecule has 5 nitrogen and oxygen atoms in total. The number of aryl methyl sites for hydroxylation is 1. The Hall–Kier alpha value is -2.31. The van der Waals surface area contributed by atoms with E-state index < -0.39 is 12.0 Å². The molecule has 2 aromatic carbocycles. The Kier molecular flexibility index (Phi) is 10.0. The number of carbonyl (C=O) groups is 2. The Morgan fingerprint density at radius 2 is 1.85 bits per heavy atom. The van der Waals surface area contributed by atoms with Crippen LogP contribution in [0.25, 0.3) is 11.1 Å². The molecular weight excluding hydrogens is 444 g/mol. The predicted octanol–water partition coefficient (Wildman–Crippen LogP) is 5.57. The minimum absolute atomic E-state index is 0.272. The number of carboxylic acids is 1. The summed E-state index contributed by atoms with van der Waals surface area (Å²) in [5, 5.41) is 12.1. The second-order valence-electron chi connectivity index (χ2n) is 9.60. The molecule has 0 aromatic heterocycles. The number of carboxylic acid groups (broad SMARTS) is 1. The van der Waals surface area contributed by atoms with Crippen LogP contribution in [0.3, 0.4) is 0 Å². The Morgan fingerprint density at radius 3 is 2.53 bits per heavy atom. The summed E-state index contributed by atoms with van der Waals surface area (Å²) in [5.41, 5.74) is 4.54. The molecule has 0 saturated heterocycles. The van der Waals surface area contributed by atoms with Crippen LogP contribution in [0.1, 0.15) is 66.4 Å². The van der Waals surface area contributed by atoms with Crippen molar-refractivity contribution in [2.45, 2.75) is 64.5 Å². The van der Waals surface area contributed by atoms with Crippen LogP contribution in [0.2, 0.25) is 0 Å². The first kappa shape index (κ1) is 26.3. The number of nitrogens with zero attached hydrogens (tertiary/aromatic N) is 1. The quantitative estimate of drug-likeness (QED) is 0.366. The van der Waals surface area contributed by atoms with E-state index in [1.54, 1.807) is 0 Å². The standard InChI is InChI=1S/C28H38N2O3S/c1-20-8-6-7-11-23(20)25-18-22(19-30(2)16-14-21-9-4-3-5-10-21)12-13-24(25)27(31)29-26(15-17-34)28(32)33/h6-8,11-13,18,21,26,34H,3-5,9-10,14-17,19H2,1-2H3,(H,29,31)(H,32,33). The number of aliphatic carboxylic acids is 1. The number of thiol groups is 1. The van der Waals surface area contributed by atoms with E-state index in [9.17, 15) is 14.7 Å². The first-order chi connectivity index (χ1) is 16.4. The normalized spacial score (nSPS) is 15.3. The van der Waals surface area contributed by atoms with Gasteiger partial charge in [-0.05, 0) is 79.4 Å². The van der Waals surface area contributed by atoms with E-state index in [2.05, 4.69) is 36.0 Å². The zero-order valence-corrected chi connectivity index (χ0v) is 21.3. The van der Waals surface area contributed by atoms with E-state index in [0.29, 0.717) is 11.3 Å². The summed E-state index contributed by atoms with van der Waals surface area (Å²) in [6, 6.07) is 12.9. The first-order valence-electron chi connectivity index (χ1n) is 12.4. The van der Waals surface area contributed by atoms with Gasteiger partial charge in [0.05, 0.1) is 0 Å². The molecule has 0 aliphatic heterocycles. The van der Waals surface area contributed by atoms with Crippen LogP contribution in [-0.4, -0.2) is 47.3 Å². The Labute approximate surface area is 209 Å². The van der Waals surface area contributed by atoms with E-state index in [1.807, 2.05) is 43.3 Å². The van der Waals surface area contributed by atoms with E-state index in [0.717, 1.165) is 41.3 Å². The molecule has 1 aliphatic carbocycles. The third kappa shape index (κ3) is 7.34. The maximum Gasteiger partial charge on any atom is 0.326 e. The zero-order valence-electron chi connectivity index (χ0n) is 20.4. The second kappa shape index (κ2) is 13.0. The number of benzene rings is 2. The average molecular weight is 483 g/mol. The predicted molar refractivity (Wildman–Crippen MR) is 142 cm³/mol. The summed E-state index contributed by atoms with van der Waals surface area (Å²) in [6.45, 7) is 3.91. The lowest BCUT2D eigenvalue weighted by molar-refractivity contribution is -0.139. The number of rotatable bonds is 11. The number of nitrogens with one attached hydrogen (secondary N) is 1. The highest BCUT2D eigenvalue weighted by atomic mass is 32.1. The molecule has 1 saturated carbocycles. The highest BCUT2D eigenvalue weighted by Gasteiger charge is 2.22. The topological polar surface area (TPSA) is 69.6 Å². The molecule has 1 aliphatic rings. The van der Waals surface area contributed by atoms with Crippen molar-refractivity contribution in [3.63, 3.8) is 0 Å². The van der Waals surface area contributed by atoms with Gasteiger partial charge in [-0.1, -0.05) is 62.4 Å². The van der Waals surface area contributed by atoms with Crippen molar-refractivity contribution in [1.82, 2.24) is 10.2 Å². The van der Waals surface area contributed by atoms with Crippen molar-refractivity contribution < 1.29 is 14.7 Å². The Balaban J connectivity index is 1.80. The van der Waals surface area contributed by atoms with Crippen molar-refractivity contribution in [3.8, 4) is 11.1 Å². The van der Waals surface area contributed by atoms with Crippen molar-refractivity contribution in [1.29, 1.82) is 0 Å². The highest BCUT2D eigenvalue weighted by molar-refractivity contribution is 7.80. The van der Waals surface area contributed by atoms with Gasteiger partial charge in [-0.3, -0.25) is 4.79 Å². The van der Waals surface area contributed by atoms with Crippen LogP contribution in [0.5, 0.6) is 0 Å². The lowest BCUT2D eigenvalue weighted by atomic mass is 9.87. The van der Waals surface area contributed by atoms with Gasteiger partial charge in [-0.15, -0.1) is 0 Å². The van der Waals surface area contributed by atoms with Crippen molar-refractivity contribution in [2.75, 3.05) is 19.3 Å². The first-order valence-corrected chi connectivity index (χ1v) is 13.0. The van der Waals surface area contributed by atoms with Gasteiger partial charge >= 0.3 is 5.97 Å². The second-order valence-corrected chi connectivity index (χ2v) is 10.0. The minimum Gasteiger partial charge on any atom is -0.480 e. The van der Waals surface area contributed by atoms with Gasteiger partial charge in [0.25, 0.3) is 5.91 Å². The number of hydrogen-bond acceptors (Lipinski definition) is 4. The molecule has 0 heterocycles. The van der Waals surface area contributed by atoms with Gasteiger partial charge in [0.1, 0.15) is 6.04 Å². The van der Waals surface area contributed by atoms with Crippen LogP contribution in [-0.2, 0) is 11.3 Å². The fourth-order valence-electron chi connectivity index (χ4n) is 4.88. The average Bonchev–Trinajstić information content (AvgIpc) is 2.83. The molecule has 2 N–H and O–H groups in total. The number of hydrogen-bond donors (Lipinski definition) is 3. The Morgan fingerprint density at radius 1 is 1.12 bits per heavy atom. The molecule has 6 heteroatoms. The van der Waals surface area contributed by atoms with Gasteiger partial charge in [0, 0.05) is 12.1 Å². The summed E-state index contributed by atoms with van der Waals surface area (Å²) in [4.78, 5) is 27.1. The lowest BCUT2D eigenvalue weighted by Crippen LogP contribution is -2.41. The highest BCUT2D eigenvalue weighted by Crippen LogP contribution is 2.29. The van der Waals surface area contributed by atoms with Crippen LogP contribution in [0.4, 0.5) is 0 Å². The van der Waals surface area contributed by atoms with Gasteiger partial charge in [0.15, 0.2) is 0 Å². The summed E-state index contributed by atoms with van der Waals surface area (Å²) in [7, 11) is 2.16. The molecular formula is C28H38N2O3S. The third-order valence-corrected chi connectivity index (χ3v) is 7.14. The fraction of sp³-hybridized carbons (Fsp3) is 0.500. The summed E-state index contributed by atoms with van der Waals surface area (Å²) >= 11 is 4.13. The molecule has 184 valence electrons. The summed E-state index contributed by atoms with van der Waals surface area (Å²) < 4.78 is 0. The van der Waals surface area contributed by atoms with Gasteiger partial charge < -0.3 is 15.3 Å². The van der Waals surface area contributed by atoms with Crippen molar-refractivity contribution in [2.24, 2.45) is 5.92 Å². The van der Waals surface area contributed by atoms with E-state index in [4.69, 9.17) is 0 Å². The largest absolute Gasteiger partial charge is 0.480 e. The number of carbonyl (C=O) groups excluding carboxylic acids is 1. The minimum atomic E-state index is -1.05. The fourth-order valence-corrected chi connectivity index (χ4v) is 5.14. The van der Waals surface area contributed by atoms with Crippen molar-refractivity contribution in [3.05, 3.63) is 59.2 Å². The molecule has 34 heavy (non-hydrogen) atoms. The molecule has 1 amide bonds. The van der Waals surface area contributed by atoms with Crippen molar-refractivity contribution >= 4 is 24.5 Å². The zero-order chi connectivity index (χ0) is 24.5. The SMILES string of the molecule is Cc1ccccc1-c1cc(CN(C)CCC2CCCCC2)ccc1C(=O)NC(CCS)C(=O)O. The van der Waals surface area contributed by atoms with Crippen LogP contribution >= 0.6 is 12.6 Å². The van der Waals surface area contributed by atoms with E-state index in [1.165, 1.54) is 38.5 Å². The molecule has 0 radical (unpaired) electrons. The van der Waals surface area contributed by atoms with Gasteiger partial charge in [0.2, 0.25) is 0 Å². The molecule has 3 rings (SSSR count). The third-order valence-electron chi connectivity index (χ3n) is 6.88. The molecule has 1 atom stereocenters. The Bertz CT molecular complexity index is 972. The van der Waals surface area contributed by atoms with Crippen LogP contribution < -0.4 is 5.32 Å². The summed E-state index contributed by atoms with van der Waals surface area (Å²) in [6.07, 6.45) is 8.36. The van der Waals surface area contributed by atoms with E-state index in [-0.39, 0.29) is 12.3 Å². The maximum atomic E-state index is 13.1. The van der Waals surface area contributed by atoms with E-state index >= 15 is 0 Å². The maximum absolute atomic E-state index is 13.1. The van der Waals surface area contributed by atoms with Crippen LogP contribution in [0.15, 0.2) is 42.5 Å².